The van der Waals surface area contributed by atoms with Gasteiger partial charge in [-0.15, -0.1) is 11.8 Å². The Morgan fingerprint density at radius 3 is 2.58 bits per heavy atom. The summed E-state index contributed by atoms with van der Waals surface area (Å²) in [6.07, 6.45) is 1.08. The number of thioether (sulfide) groups is 1. The zero-order chi connectivity index (χ0) is 14.1. The summed E-state index contributed by atoms with van der Waals surface area (Å²) in [6.45, 7) is 5.77. The lowest BCUT2D eigenvalue weighted by Gasteiger charge is -2.13. The lowest BCUT2D eigenvalue weighted by molar-refractivity contribution is -0.140. The van der Waals surface area contributed by atoms with Gasteiger partial charge in [0.15, 0.2) is 0 Å². The first-order valence-corrected chi connectivity index (χ1v) is 7.69. The molecule has 0 aliphatic heterocycles. The normalized spacial score (nSPS) is 12.6. The highest BCUT2D eigenvalue weighted by atomic mass is 32.2. The van der Waals surface area contributed by atoms with Crippen LogP contribution in [0.1, 0.15) is 20.3 Å². The number of nitrogens with one attached hydrogen (secondary N) is 1. The van der Waals surface area contributed by atoms with Crippen LogP contribution in [0.15, 0.2) is 35.2 Å². The minimum absolute atomic E-state index is 0.336. The van der Waals surface area contributed by atoms with Gasteiger partial charge in [0, 0.05) is 17.2 Å². The van der Waals surface area contributed by atoms with Crippen LogP contribution >= 0.6 is 11.8 Å². The van der Waals surface area contributed by atoms with Gasteiger partial charge in [0.2, 0.25) is 0 Å². The Kier molecular flexibility index (Phi) is 7.60. The van der Waals surface area contributed by atoms with Crippen molar-refractivity contribution in [1.29, 1.82) is 0 Å². The molecule has 0 unspecified atom stereocenters. The van der Waals surface area contributed by atoms with Gasteiger partial charge in [-0.2, -0.15) is 0 Å². The molecule has 0 fully saturated rings. The summed E-state index contributed by atoms with van der Waals surface area (Å²) in [6, 6.07) is 9.93. The monoisotopic (exact) mass is 281 g/mol. The van der Waals surface area contributed by atoms with E-state index in [4.69, 9.17) is 0 Å². The van der Waals surface area contributed by atoms with E-state index in [-0.39, 0.29) is 5.92 Å². The minimum Gasteiger partial charge on any atom is -0.481 e. The van der Waals surface area contributed by atoms with Crippen molar-refractivity contribution in [3.8, 4) is 0 Å². The average molecular weight is 281 g/mol. The van der Waals surface area contributed by atoms with Crippen LogP contribution in [-0.2, 0) is 4.79 Å². The van der Waals surface area contributed by atoms with Crippen molar-refractivity contribution >= 4 is 17.7 Å². The molecule has 3 nitrogen and oxygen atoms in total. The predicted molar refractivity (Wildman–Crippen MR) is 80.6 cm³/mol. The van der Waals surface area contributed by atoms with Gasteiger partial charge < -0.3 is 10.4 Å². The number of hydrogen-bond acceptors (Lipinski definition) is 3. The molecule has 0 radical (unpaired) electrons. The van der Waals surface area contributed by atoms with Crippen LogP contribution in [-0.4, -0.2) is 29.9 Å². The van der Waals surface area contributed by atoms with E-state index in [9.17, 15) is 9.90 Å². The van der Waals surface area contributed by atoms with Crippen molar-refractivity contribution < 1.29 is 9.90 Å². The Morgan fingerprint density at radius 1 is 1.32 bits per heavy atom. The lowest BCUT2D eigenvalue weighted by atomic mass is 10.1. The number of aliphatic carboxylic acids is 1. The maximum Gasteiger partial charge on any atom is 0.308 e. The highest BCUT2D eigenvalue weighted by Crippen LogP contribution is 2.20. The summed E-state index contributed by atoms with van der Waals surface area (Å²) in [4.78, 5) is 12.3. The number of hydrogen-bond donors (Lipinski definition) is 2. The first kappa shape index (κ1) is 16.1. The Balaban J connectivity index is 2.30. The largest absolute Gasteiger partial charge is 0.481 e. The van der Waals surface area contributed by atoms with E-state index in [2.05, 4.69) is 19.2 Å². The number of benzene rings is 1. The molecule has 0 aliphatic rings. The summed E-state index contributed by atoms with van der Waals surface area (Å²) in [5.74, 6) is 0.195. The van der Waals surface area contributed by atoms with Crippen molar-refractivity contribution in [3.05, 3.63) is 30.3 Å². The third-order valence-electron chi connectivity index (χ3n) is 2.83. The van der Waals surface area contributed by atoms with Gasteiger partial charge in [-0.25, -0.2) is 0 Å². The summed E-state index contributed by atoms with van der Waals surface area (Å²) in [5.41, 5.74) is 0. The molecule has 19 heavy (non-hydrogen) atoms. The summed E-state index contributed by atoms with van der Waals surface area (Å²) >= 11 is 1.60. The fraction of sp³-hybridized carbons (Fsp3) is 0.533. The zero-order valence-corrected chi connectivity index (χ0v) is 12.5. The van der Waals surface area contributed by atoms with Crippen LogP contribution in [0.4, 0.5) is 0 Å². The van der Waals surface area contributed by atoms with Crippen LogP contribution < -0.4 is 5.32 Å². The van der Waals surface area contributed by atoms with E-state index in [1.807, 2.05) is 30.3 Å². The Hall–Kier alpha value is -1.00. The molecule has 1 aromatic rings. The second-order valence-corrected chi connectivity index (χ2v) is 6.14. The molecule has 0 spiro atoms. The van der Waals surface area contributed by atoms with E-state index < -0.39 is 5.97 Å². The van der Waals surface area contributed by atoms with E-state index in [1.54, 1.807) is 11.8 Å². The number of carboxylic acids is 1. The van der Waals surface area contributed by atoms with Crippen LogP contribution in [0.25, 0.3) is 0 Å². The van der Waals surface area contributed by atoms with E-state index in [0.717, 1.165) is 17.9 Å². The number of rotatable bonds is 9. The second-order valence-electron chi connectivity index (χ2n) is 5.05. The smallest absolute Gasteiger partial charge is 0.308 e. The minimum atomic E-state index is -0.722. The topological polar surface area (TPSA) is 49.3 Å². The van der Waals surface area contributed by atoms with Crippen LogP contribution in [0.2, 0.25) is 0 Å². The molecule has 0 amide bonds. The Bertz CT molecular complexity index is 368. The molecule has 0 heterocycles. The lowest BCUT2D eigenvalue weighted by Crippen LogP contribution is -2.31. The fourth-order valence-corrected chi connectivity index (χ4v) is 2.60. The standard InChI is InChI=1S/C15H23NO2S/c1-12(2)8-9-16-10-13(15(17)18)11-19-14-6-4-3-5-7-14/h3-7,12-13,16H,8-11H2,1-2H3,(H,17,18)/t13-/m1/s1. The van der Waals surface area contributed by atoms with E-state index in [1.165, 1.54) is 0 Å². The molecule has 0 saturated carbocycles. The molecule has 0 aromatic heterocycles. The predicted octanol–water partition coefficient (Wildman–Crippen LogP) is 3.12. The SMILES string of the molecule is CC(C)CCNC[C@H](CSc1ccccc1)C(=O)O. The molecule has 1 aromatic carbocycles. The molecule has 2 N–H and O–H groups in total. The van der Waals surface area contributed by atoms with Crippen LogP contribution in [0.3, 0.4) is 0 Å². The van der Waals surface area contributed by atoms with Crippen molar-refractivity contribution in [2.45, 2.75) is 25.2 Å². The highest BCUT2D eigenvalue weighted by molar-refractivity contribution is 7.99. The number of carbonyl (C=O) groups is 1. The van der Waals surface area contributed by atoms with Crippen LogP contribution in [0.5, 0.6) is 0 Å². The zero-order valence-electron chi connectivity index (χ0n) is 11.6. The molecule has 0 aliphatic carbocycles. The molecule has 0 saturated heterocycles. The molecular formula is C15H23NO2S. The number of carboxylic acid groups (broad SMARTS) is 1. The maximum absolute atomic E-state index is 11.2. The van der Waals surface area contributed by atoms with Crippen molar-refractivity contribution in [2.75, 3.05) is 18.8 Å². The molecular weight excluding hydrogens is 258 g/mol. The molecule has 1 atom stereocenters. The molecule has 0 bridgehead atoms. The summed E-state index contributed by atoms with van der Waals surface area (Å²) in [5, 5.41) is 12.4. The van der Waals surface area contributed by atoms with Gasteiger partial charge in [0.25, 0.3) is 0 Å². The first-order valence-electron chi connectivity index (χ1n) is 6.71. The van der Waals surface area contributed by atoms with Crippen molar-refractivity contribution in [2.24, 2.45) is 11.8 Å². The van der Waals surface area contributed by atoms with E-state index in [0.29, 0.717) is 18.2 Å². The van der Waals surface area contributed by atoms with E-state index >= 15 is 0 Å². The quantitative estimate of drug-likeness (QED) is 0.539. The van der Waals surface area contributed by atoms with Crippen molar-refractivity contribution in [1.82, 2.24) is 5.32 Å². The fourth-order valence-electron chi connectivity index (χ4n) is 1.60. The van der Waals surface area contributed by atoms with Gasteiger partial charge in [0.05, 0.1) is 5.92 Å². The first-order chi connectivity index (χ1) is 9.09. The summed E-state index contributed by atoms with van der Waals surface area (Å²) < 4.78 is 0. The van der Waals surface area contributed by atoms with Gasteiger partial charge in [-0.3, -0.25) is 4.79 Å². The Labute approximate surface area is 119 Å². The van der Waals surface area contributed by atoms with Gasteiger partial charge >= 0.3 is 5.97 Å². The molecule has 106 valence electrons. The third-order valence-corrected chi connectivity index (χ3v) is 4.01. The second kappa shape index (κ2) is 8.99. The van der Waals surface area contributed by atoms with Gasteiger partial charge in [-0.05, 0) is 31.0 Å². The van der Waals surface area contributed by atoms with Crippen molar-refractivity contribution in [3.63, 3.8) is 0 Å². The summed E-state index contributed by atoms with van der Waals surface area (Å²) in [7, 11) is 0. The highest BCUT2D eigenvalue weighted by Gasteiger charge is 2.17. The van der Waals surface area contributed by atoms with Crippen LogP contribution in [0, 0.1) is 11.8 Å². The third kappa shape index (κ3) is 7.23. The van der Waals surface area contributed by atoms with Gasteiger partial charge in [-0.1, -0.05) is 32.0 Å². The van der Waals surface area contributed by atoms with Gasteiger partial charge in [0.1, 0.15) is 0 Å². The maximum atomic E-state index is 11.2. The Morgan fingerprint density at radius 2 is 2.00 bits per heavy atom. The average Bonchev–Trinajstić information content (AvgIpc) is 2.38. The molecule has 4 heteroatoms. The molecule has 1 rings (SSSR count).